The summed E-state index contributed by atoms with van der Waals surface area (Å²) in [7, 11) is 0. The predicted octanol–water partition coefficient (Wildman–Crippen LogP) is 2.42. The Labute approximate surface area is 111 Å². The van der Waals surface area contributed by atoms with Crippen molar-refractivity contribution >= 4 is 11.8 Å². The van der Waals surface area contributed by atoms with Gasteiger partial charge in [0.15, 0.2) is 5.82 Å². The van der Waals surface area contributed by atoms with Gasteiger partial charge in [0, 0.05) is 10.5 Å². The maximum absolute atomic E-state index is 5.57. The Morgan fingerprint density at radius 2 is 1.83 bits per heavy atom. The molecule has 0 atom stereocenters. The molecule has 0 spiro atoms. The molecule has 0 unspecified atom stereocenters. The van der Waals surface area contributed by atoms with Crippen LogP contribution in [0.4, 0.5) is 0 Å². The van der Waals surface area contributed by atoms with E-state index in [1.807, 2.05) is 30.8 Å². The van der Waals surface area contributed by atoms with Gasteiger partial charge < -0.3 is 5.73 Å². The fraction of sp³-hybridized carbons (Fsp3) is 0.308. The van der Waals surface area contributed by atoms with E-state index in [2.05, 4.69) is 34.0 Å². The minimum absolute atomic E-state index is 0.333. The summed E-state index contributed by atoms with van der Waals surface area (Å²) < 4.78 is 0. The van der Waals surface area contributed by atoms with E-state index >= 15 is 0 Å². The Balaban J connectivity index is 2.33. The molecule has 1 heterocycles. The Morgan fingerprint density at radius 3 is 2.44 bits per heavy atom. The van der Waals surface area contributed by atoms with Gasteiger partial charge in [-0.25, -0.2) is 15.0 Å². The highest BCUT2D eigenvalue weighted by molar-refractivity contribution is 7.99. The molecule has 0 aliphatic heterocycles. The third kappa shape index (κ3) is 3.05. The first kappa shape index (κ1) is 13.0. The van der Waals surface area contributed by atoms with Crippen LogP contribution in [0.5, 0.6) is 0 Å². The van der Waals surface area contributed by atoms with Crippen molar-refractivity contribution in [2.45, 2.75) is 25.3 Å². The Hall–Kier alpha value is -1.46. The number of benzene rings is 1. The van der Waals surface area contributed by atoms with Gasteiger partial charge >= 0.3 is 0 Å². The quantitative estimate of drug-likeness (QED) is 0.855. The molecule has 0 saturated heterocycles. The van der Waals surface area contributed by atoms with Crippen LogP contribution in [-0.4, -0.2) is 20.7 Å². The van der Waals surface area contributed by atoms with Crippen LogP contribution in [0.2, 0.25) is 0 Å². The first-order chi connectivity index (χ1) is 8.72. The van der Waals surface area contributed by atoms with Crippen LogP contribution in [0, 0.1) is 6.92 Å². The van der Waals surface area contributed by atoms with Crippen molar-refractivity contribution < 1.29 is 0 Å². The third-order valence-electron chi connectivity index (χ3n) is 2.40. The van der Waals surface area contributed by atoms with Crippen molar-refractivity contribution in [2.24, 2.45) is 5.73 Å². The fourth-order valence-electron chi connectivity index (χ4n) is 1.62. The van der Waals surface area contributed by atoms with Gasteiger partial charge in [0.1, 0.15) is 11.6 Å². The molecule has 0 radical (unpaired) electrons. The molecule has 0 amide bonds. The highest BCUT2D eigenvalue weighted by atomic mass is 32.2. The van der Waals surface area contributed by atoms with Crippen LogP contribution in [-0.2, 0) is 6.54 Å². The average Bonchev–Trinajstić information content (AvgIpc) is 2.39. The van der Waals surface area contributed by atoms with Crippen LogP contribution in [0.3, 0.4) is 0 Å². The van der Waals surface area contributed by atoms with Gasteiger partial charge in [-0.05, 0) is 24.8 Å². The van der Waals surface area contributed by atoms with E-state index in [0.717, 1.165) is 11.3 Å². The molecular formula is C13H16N4S. The first-order valence-corrected chi connectivity index (χ1v) is 6.86. The monoisotopic (exact) mass is 260 g/mol. The maximum atomic E-state index is 5.57. The van der Waals surface area contributed by atoms with Crippen LogP contribution < -0.4 is 5.73 Å². The SMILES string of the molecule is CCSc1ccc(-c2nc(C)nc(CN)n2)cc1. The Morgan fingerprint density at radius 1 is 1.11 bits per heavy atom. The number of aryl methyl sites for hydroxylation is 1. The van der Waals surface area contributed by atoms with E-state index in [4.69, 9.17) is 5.73 Å². The topological polar surface area (TPSA) is 64.7 Å². The molecule has 2 N–H and O–H groups in total. The van der Waals surface area contributed by atoms with Gasteiger partial charge in [0.2, 0.25) is 0 Å². The molecule has 0 bridgehead atoms. The lowest BCUT2D eigenvalue weighted by Gasteiger charge is -2.05. The van der Waals surface area contributed by atoms with E-state index in [9.17, 15) is 0 Å². The second-order valence-corrected chi connectivity index (χ2v) is 5.12. The highest BCUT2D eigenvalue weighted by Crippen LogP contribution is 2.21. The number of nitrogens with zero attached hydrogens (tertiary/aromatic N) is 3. The molecular weight excluding hydrogens is 244 g/mol. The lowest BCUT2D eigenvalue weighted by atomic mass is 10.2. The molecule has 1 aromatic heterocycles. The van der Waals surface area contributed by atoms with E-state index in [-0.39, 0.29) is 0 Å². The number of hydrogen-bond donors (Lipinski definition) is 1. The summed E-state index contributed by atoms with van der Waals surface area (Å²) in [5, 5.41) is 0. The molecule has 0 aliphatic carbocycles. The van der Waals surface area contributed by atoms with Crippen LogP contribution in [0.25, 0.3) is 11.4 Å². The normalized spacial score (nSPS) is 10.6. The number of nitrogens with two attached hydrogens (primary N) is 1. The second-order valence-electron chi connectivity index (χ2n) is 3.78. The summed E-state index contributed by atoms with van der Waals surface area (Å²) >= 11 is 1.82. The number of hydrogen-bond acceptors (Lipinski definition) is 5. The van der Waals surface area contributed by atoms with Crippen molar-refractivity contribution in [1.29, 1.82) is 0 Å². The first-order valence-electron chi connectivity index (χ1n) is 5.87. The summed E-state index contributed by atoms with van der Waals surface area (Å²) in [6, 6.07) is 8.25. The van der Waals surface area contributed by atoms with Gasteiger partial charge in [-0.3, -0.25) is 0 Å². The molecule has 0 aliphatic rings. The largest absolute Gasteiger partial charge is 0.324 e. The predicted molar refractivity (Wildman–Crippen MR) is 74.3 cm³/mol. The van der Waals surface area contributed by atoms with Gasteiger partial charge in [-0.2, -0.15) is 0 Å². The molecule has 0 saturated carbocycles. The van der Waals surface area contributed by atoms with Gasteiger partial charge in [-0.15, -0.1) is 11.8 Å². The molecule has 94 valence electrons. The van der Waals surface area contributed by atoms with E-state index in [1.54, 1.807) is 0 Å². The van der Waals surface area contributed by atoms with Crippen molar-refractivity contribution in [1.82, 2.24) is 15.0 Å². The van der Waals surface area contributed by atoms with Gasteiger partial charge in [0.05, 0.1) is 6.54 Å². The third-order valence-corrected chi connectivity index (χ3v) is 3.29. The molecule has 2 rings (SSSR count). The summed E-state index contributed by atoms with van der Waals surface area (Å²) in [5.74, 6) is 3.09. The summed E-state index contributed by atoms with van der Waals surface area (Å²) in [5.41, 5.74) is 6.57. The zero-order valence-corrected chi connectivity index (χ0v) is 11.4. The van der Waals surface area contributed by atoms with E-state index in [0.29, 0.717) is 24.0 Å². The number of rotatable bonds is 4. The minimum Gasteiger partial charge on any atom is -0.324 e. The van der Waals surface area contributed by atoms with Crippen molar-refractivity contribution in [2.75, 3.05) is 5.75 Å². The van der Waals surface area contributed by atoms with Crippen LogP contribution in [0.15, 0.2) is 29.2 Å². The summed E-state index contributed by atoms with van der Waals surface area (Å²) in [6.07, 6.45) is 0. The molecule has 18 heavy (non-hydrogen) atoms. The van der Waals surface area contributed by atoms with Crippen molar-refractivity contribution in [3.63, 3.8) is 0 Å². The molecule has 0 fully saturated rings. The standard InChI is InChI=1S/C13H16N4S/c1-3-18-11-6-4-10(5-7-11)13-16-9(2)15-12(8-14)17-13/h4-7H,3,8,14H2,1-2H3. The smallest absolute Gasteiger partial charge is 0.163 e. The van der Waals surface area contributed by atoms with Crippen molar-refractivity contribution in [3.05, 3.63) is 35.9 Å². The number of thioether (sulfide) groups is 1. The van der Waals surface area contributed by atoms with E-state index in [1.165, 1.54) is 4.90 Å². The summed E-state index contributed by atoms with van der Waals surface area (Å²) in [4.78, 5) is 14.1. The molecule has 2 aromatic rings. The molecule has 5 heteroatoms. The Kier molecular flexibility index (Phi) is 4.28. The Bertz CT molecular complexity index is 525. The lowest BCUT2D eigenvalue weighted by Crippen LogP contribution is -2.07. The minimum atomic E-state index is 0.333. The number of aromatic nitrogens is 3. The molecule has 1 aromatic carbocycles. The van der Waals surface area contributed by atoms with Crippen LogP contribution in [0.1, 0.15) is 18.6 Å². The zero-order valence-electron chi connectivity index (χ0n) is 10.6. The van der Waals surface area contributed by atoms with Gasteiger partial charge in [-0.1, -0.05) is 19.1 Å². The average molecular weight is 260 g/mol. The van der Waals surface area contributed by atoms with Gasteiger partial charge in [0.25, 0.3) is 0 Å². The summed E-state index contributed by atoms with van der Waals surface area (Å²) in [6.45, 7) is 4.33. The van der Waals surface area contributed by atoms with Crippen LogP contribution >= 0.6 is 11.8 Å². The lowest BCUT2D eigenvalue weighted by molar-refractivity contribution is 0.851. The zero-order chi connectivity index (χ0) is 13.0. The molecule has 4 nitrogen and oxygen atoms in total. The van der Waals surface area contributed by atoms with Crippen molar-refractivity contribution in [3.8, 4) is 11.4 Å². The fourth-order valence-corrected chi connectivity index (χ4v) is 2.29. The maximum Gasteiger partial charge on any atom is 0.163 e. The van der Waals surface area contributed by atoms with E-state index < -0.39 is 0 Å². The second kappa shape index (κ2) is 5.93. The highest BCUT2D eigenvalue weighted by Gasteiger charge is 2.05.